The van der Waals surface area contributed by atoms with Crippen LogP contribution in [0.1, 0.15) is 13.8 Å². The molecule has 0 heterocycles. The Kier molecular flexibility index (Phi) is 8.32. The molecule has 0 saturated carbocycles. The number of carbonyl (C=O) groups is 1. The molecule has 4 nitrogen and oxygen atoms in total. The van der Waals surface area contributed by atoms with Crippen LogP contribution in [-0.4, -0.2) is 22.3 Å². The fourth-order valence-electron chi connectivity index (χ4n) is 0. The van der Waals surface area contributed by atoms with Crippen molar-refractivity contribution in [3.05, 3.63) is 0 Å². The number of hydrogen-bond acceptors (Lipinski definition) is 3. The molecule has 0 aliphatic carbocycles. The molecule has 1 unspecified atom stereocenters. The van der Waals surface area contributed by atoms with E-state index >= 15 is 0 Å². The molecule has 0 aliphatic rings. The number of nitrogens with zero attached hydrogens (tertiary/aromatic N) is 1. The fraction of sp³-hybridized carbons (Fsp3) is 0.600. The second-order valence-corrected chi connectivity index (χ2v) is 1.32. The van der Waals surface area contributed by atoms with Gasteiger partial charge in [-0.3, -0.25) is 4.79 Å². The first-order valence-corrected chi connectivity index (χ1v) is 2.28. The molecule has 0 aromatic heterocycles. The number of carboxylic acids is 1. The normalized spacial score (nSPS) is 10.0. The molecular weight excluding hydrogens is 122 g/mol. The maximum atomic E-state index is 9.00. The predicted octanol–water partition coefficient (Wildman–Crippen LogP) is -0.0183. The molecule has 0 aliphatic heterocycles. The van der Waals surface area contributed by atoms with E-state index in [0.717, 1.165) is 6.92 Å². The molecule has 0 spiro atoms. The van der Waals surface area contributed by atoms with Gasteiger partial charge in [0.05, 0.1) is 6.07 Å². The molecule has 0 rings (SSSR count). The van der Waals surface area contributed by atoms with Crippen LogP contribution in [-0.2, 0) is 4.79 Å². The molecule has 2 N–H and O–H groups in total. The lowest BCUT2D eigenvalue weighted by molar-refractivity contribution is -0.134. The topological polar surface area (TPSA) is 81.3 Å². The average molecular weight is 131 g/mol. The smallest absolute Gasteiger partial charge is 0.300 e. The van der Waals surface area contributed by atoms with E-state index in [4.69, 9.17) is 20.3 Å². The van der Waals surface area contributed by atoms with Crippen molar-refractivity contribution in [3.63, 3.8) is 0 Å². The van der Waals surface area contributed by atoms with Gasteiger partial charge in [0.2, 0.25) is 0 Å². The van der Waals surface area contributed by atoms with Crippen LogP contribution in [0.3, 0.4) is 0 Å². The minimum atomic E-state index is -0.833. The molecule has 0 aromatic carbocycles. The van der Waals surface area contributed by atoms with Crippen molar-refractivity contribution < 1.29 is 15.0 Å². The summed E-state index contributed by atoms with van der Waals surface area (Å²) in [5.74, 6) is -0.833. The molecule has 0 bridgehead atoms. The average Bonchev–Trinajstić information content (AvgIpc) is 1.65. The van der Waals surface area contributed by atoms with Crippen LogP contribution < -0.4 is 0 Å². The summed E-state index contributed by atoms with van der Waals surface area (Å²) < 4.78 is 0. The maximum absolute atomic E-state index is 9.00. The Balaban J connectivity index is 0. The highest BCUT2D eigenvalue weighted by atomic mass is 16.4. The van der Waals surface area contributed by atoms with Crippen LogP contribution >= 0.6 is 0 Å². The first kappa shape index (κ1) is 10.8. The zero-order valence-electron chi connectivity index (χ0n) is 5.33. The second kappa shape index (κ2) is 6.92. The number of aliphatic hydroxyl groups is 1. The van der Waals surface area contributed by atoms with Crippen LogP contribution in [0.2, 0.25) is 0 Å². The Labute approximate surface area is 53.3 Å². The highest BCUT2D eigenvalue weighted by Crippen LogP contribution is 1.66. The molecule has 1 atom stereocenters. The summed E-state index contributed by atoms with van der Waals surface area (Å²) >= 11 is 0. The first-order chi connectivity index (χ1) is 4.00. The number of hydrogen-bond donors (Lipinski definition) is 2. The maximum Gasteiger partial charge on any atom is 0.300 e. The fourth-order valence-corrected chi connectivity index (χ4v) is 0. The van der Waals surface area contributed by atoms with Crippen molar-refractivity contribution in [2.75, 3.05) is 0 Å². The minimum Gasteiger partial charge on any atom is -0.481 e. The monoisotopic (exact) mass is 131 g/mol. The van der Waals surface area contributed by atoms with Crippen LogP contribution in [0.25, 0.3) is 0 Å². The number of aliphatic hydroxyl groups excluding tert-OH is 1. The van der Waals surface area contributed by atoms with Gasteiger partial charge in [-0.15, -0.1) is 0 Å². The van der Waals surface area contributed by atoms with Gasteiger partial charge in [0.1, 0.15) is 6.10 Å². The second-order valence-electron chi connectivity index (χ2n) is 1.32. The van der Waals surface area contributed by atoms with Crippen molar-refractivity contribution in [2.24, 2.45) is 0 Å². The molecule has 0 radical (unpaired) electrons. The summed E-state index contributed by atoms with van der Waals surface area (Å²) in [7, 11) is 0. The van der Waals surface area contributed by atoms with Crippen molar-refractivity contribution in [1.29, 1.82) is 5.26 Å². The third-order valence-electron chi connectivity index (χ3n) is 0.187. The van der Waals surface area contributed by atoms with Gasteiger partial charge in [0.15, 0.2) is 0 Å². The molecule has 0 aromatic rings. The zero-order valence-corrected chi connectivity index (χ0v) is 5.33. The Morgan fingerprint density at radius 2 is 1.89 bits per heavy atom. The summed E-state index contributed by atoms with van der Waals surface area (Å²) in [6, 6.07) is 1.58. The Hall–Kier alpha value is -1.08. The lowest BCUT2D eigenvalue weighted by Gasteiger charge is -1.76. The lowest BCUT2D eigenvalue weighted by atomic mass is 10.5. The summed E-state index contributed by atoms with van der Waals surface area (Å²) in [6.07, 6.45) is -0.810. The quantitative estimate of drug-likeness (QED) is 0.453. The highest BCUT2D eigenvalue weighted by molar-refractivity contribution is 5.62. The highest BCUT2D eigenvalue weighted by Gasteiger charge is 1.80. The molecule has 52 valence electrons. The molecule has 0 fully saturated rings. The minimum absolute atomic E-state index is 0.810. The molecule has 0 amide bonds. The van der Waals surface area contributed by atoms with E-state index in [1.807, 2.05) is 0 Å². The van der Waals surface area contributed by atoms with E-state index in [1.165, 1.54) is 6.92 Å². The first-order valence-electron chi connectivity index (χ1n) is 2.28. The van der Waals surface area contributed by atoms with E-state index in [0.29, 0.717) is 0 Å². The summed E-state index contributed by atoms with van der Waals surface area (Å²) in [4.78, 5) is 9.00. The van der Waals surface area contributed by atoms with E-state index in [-0.39, 0.29) is 0 Å². The summed E-state index contributed by atoms with van der Waals surface area (Å²) in [5, 5.41) is 23.1. The molecule has 0 saturated heterocycles. The van der Waals surface area contributed by atoms with E-state index in [9.17, 15) is 0 Å². The van der Waals surface area contributed by atoms with Gasteiger partial charge >= 0.3 is 0 Å². The molecular formula is C5H9NO3. The number of rotatable bonds is 0. The van der Waals surface area contributed by atoms with E-state index < -0.39 is 12.1 Å². The van der Waals surface area contributed by atoms with Crippen LogP contribution in [0.5, 0.6) is 0 Å². The van der Waals surface area contributed by atoms with Crippen molar-refractivity contribution in [2.45, 2.75) is 20.0 Å². The number of aliphatic carboxylic acids is 1. The van der Waals surface area contributed by atoms with E-state index in [1.54, 1.807) is 6.07 Å². The van der Waals surface area contributed by atoms with E-state index in [2.05, 4.69) is 0 Å². The van der Waals surface area contributed by atoms with Gasteiger partial charge in [0.25, 0.3) is 5.97 Å². The number of nitriles is 1. The third-order valence-corrected chi connectivity index (χ3v) is 0.187. The van der Waals surface area contributed by atoms with Crippen molar-refractivity contribution >= 4 is 5.97 Å². The van der Waals surface area contributed by atoms with Crippen LogP contribution in [0.4, 0.5) is 0 Å². The lowest BCUT2D eigenvalue weighted by Crippen LogP contribution is -1.90. The molecule has 4 heteroatoms. The Bertz CT molecular complexity index is 110. The number of carboxylic acid groups (broad SMARTS) is 1. The standard InChI is InChI=1S/C3H5NO.C2H4O2/c1-3(5)2-4;1-2(3)4/h3,5H,1H3;1H3,(H,3,4). The van der Waals surface area contributed by atoms with Gasteiger partial charge in [-0.2, -0.15) is 5.26 Å². The van der Waals surface area contributed by atoms with Gasteiger partial charge in [-0.1, -0.05) is 0 Å². The van der Waals surface area contributed by atoms with Gasteiger partial charge in [-0.05, 0) is 6.92 Å². The zero-order chi connectivity index (χ0) is 7.86. The van der Waals surface area contributed by atoms with Gasteiger partial charge < -0.3 is 10.2 Å². The Morgan fingerprint density at radius 3 is 1.89 bits per heavy atom. The van der Waals surface area contributed by atoms with Crippen molar-refractivity contribution in [1.82, 2.24) is 0 Å². The van der Waals surface area contributed by atoms with Crippen LogP contribution in [0, 0.1) is 11.3 Å². The summed E-state index contributed by atoms with van der Waals surface area (Å²) in [5.41, 5.74) is 0. The van der Waals surface area contributed by atoms with Crippen molar-refractivity contribution in [3.8, 4) is 6.07 Å². The largest absolute Gasteiger partial charge is 0.481 e. The predicted molar refractivity (Wildman–Crippen MR) is 30.6 cm³/mol. The SMILES string of the molecule is CC(=O)O.CC(O)C#N. The van der Waals surface area contributed by atoms with Crippen LogP contribution in [0.15, 0.2) is 0 Å². The van der Waals surface area contributed by atoms with Gasteiger partial charge in [-0.25, -0.2) is 0 Å². The Morgan fingerprint density at radius 1 is 1.78 bits per heavy atom. The van der Waals surface area contributed by atoms with Gasteiger partial charge in [0, 0.05) is 6.92 Å². The third kappa shape index (κ3) is 198. The molecule has 9 heavy (non-hydrogen) atoms. The summed E-state index contributed by atoms with van der Waals surface area (Å²) in [6.45, 7) is 2.50.